The number of likely N-dealkylation sites (N-methyl/N-ethyl adjacent to an activating group) is 1. The lowest BCUT2D eigenvalue weighted by Crippen LogP contribution is -2.84. The van der Waals surface area contributed by atoms with Crippen molar-refractivity contribution in [1.29, 1.82) is 0 Å². The van der Waals surface area contributed by atoms with E-state index in [4.69, 9.17) is 14.2 Å². The van der Waals surface area contributed by atoms with Crippen LogP contribution in [0.2, 0.25) is 0 Å². The molecular formula is C23H23N3O5. The number of likely N-dealkylation sites (tertiary alicyclic amines) is 1. The van der Waals surface area contributed by atoms with E-state index in [2.05, 4.69) is 24.1 Å². The fourth-order valence-electron chi connectivity index (χ4n) is 7.45. The molecule has 2 aromatic rings. The monoisotopic (exact) mass is 421 g/mol. The molecule has 0 amide bonds. The summed E-state index contributed by atoms with van der Waals surface area (Å²) in [6.45, 7) is 0.863. The first-order valence-corrected chi connectivity index (χ1v) is 10.7. The van der Waals surface area contributed by atoms with Crippen LogP contribution in [0.25, 0.3) is 0 Å². The smallest absolute Gasteiger partial charge is 0.268 e. The first-order valence-electron chi connectivity index (χ1n) is 10.7. The number of rotatable bonds is 2. The molecule has 31 heavy (non-hydrogen) atoms. The Kier molecular flexibility index (Phi) is 2.95. The topological polar surface area (TPSA) is 74.9 Å². The second kappa shape index (κ2) is 5.14. The molecule has 2 spiro atoms. The SMILES string of the molecule is COc1ccc2c3c1OC1C4(OC)C=CC5(C(C2)N(C)CCC315)n1c(=O)ccc(=O)n14. The van der Waals surface area contributed by atoms with E-state index in [1.807, 2.05) is 12.1 Å². The first kappa shape index (κ1) is 17.8. The van der Waals surface area contributed by atoms with Crippen LogP contribution in [0.5, 0.6) is 11.5 Å². The molecular weight excluding hydrogens is 398 g/mol. The Hall–Kier alpha value is -2.84. The summed E-state index contributed by atoms with van der Waals surface area (Å²) >= 11 is 0. The Morgan fingerprint density at radius 2 is 1.84 bits per heavy atom. The molecule has 0 radical (unpaired) electrons. The third-order valence-electron chi connectivity index (χ3n) is 8.53. The van der Waals surface area contributed by atoms with E-state index in [9.17, 15) is 9.59 Å². The number of methoxy groups -OCH3 is 2. The Labute approximate surface area is 178 Å². The average Bonchev–Trinajstić information content (AvgIpc) is 3.15. The molecule has 8 nitrogen and oxygen atoms in total. The van der Waals surface area contributed by atoms with Crippen LogP contribution in [0.15, 0.2) is 46.0 Å². The minimum absolute atomic E-state index is 0.00338. The van der Waals surface area contributed by atoms with Gasteiger partial charge < -0.3 is 19.1 Å². The largest absolute Gasteiger partial charge is 0.493 e. The van der Waals surface area contributed by atoms with Gasteiger partial charge in [0.25, 0.3) is 11.1 Å². The summed E-state index contributed by atoms with van der Waals surface area (Å²) in [5.74, 6) is 1.39. The van der Waals surface area contributed by atoms with Gasteiger partial charge in [0.15, 0.2) is 17.6 Å². The predicted molar refractivity (Wildman–Crippen MR) is 111 cm³/mol. The van der Waals surface area contributed by atoms with Crippen LogP contribution in [-0.2, 0) is 27.8 Å². The number of hydrogen-bond acceptors (Lipinski definition) is 6. The lowest BCUT2D eigenvalue weighted by Gasteiger charge is -2.69. The second-order valence-electron chi connectivity index (χ2n) is 9.30. The fraction of sp³-hybridized carbons (Fsp3) is 0.478. The van der Waals surface area contributed by atoms with Crippen molar-refractivity contribution in [2.45, 2.75) is 41.7 Å². The maximum atomic E-state index is 13.4. The molecule has 1 saturated heterocycles. The van der Waals surface area contributed by atoms with Gasteiger partial charge in [-0.15, -0.1) is 0 Å². The molecule has 5 atom stereocenters. The van der Waals surface area contributed by atoms with Crippen LogP contribution in [0.3, 0.4) is 0 Å². The Morgan fingerprint density at radius 1 is 1.06 bits per heavy atom. The maximum Gasteiger partial charge on any atom is 0.268 e. The molecule has 8 rings (SSSR count). The molecule has 0 saturated carbocycles. The molecule has 4 aliphatic heterocycles. The molecule has 5 unspecified atom stereocenters. The van der Waals surface area contributed by atoms with E-state index in [1.54, 1.807) is 18.9 Å². The highest BCUT2D eigenvalue weighted by Crippen LogP contribution is 2.70. The normalized spacial score (nSPS) is 37.9. The van der Waals surface area contributed by atoms with Crippen molar-refractivity contribution >= 4 is 0 Å². The maximum absolute atomic E-state index is 13.4. The number of aromatic nitrogens is 2. The zero-order valence-corrected chi connectivity index (χ0v) is 17.6. The van der Waals surface area contributed by atoms with E-state index in [0.717, 1.165) is 30.7 Å². The molecule has 8 heteroatoms. The number of piperidine rings is 1. The third kappa shape index (κ3) is 1.53. The number of benzene rings is 1. The lowest BCUT2D eigenvalue weighted by atomic mass is 9.47. The quantitative estimate of drug-likeness (QED) is 0.660. The van der Waals surface area contributed by atoms with Gasteiger partial charge in [0.05, 0.1) is 12.5 Å². The molecule has 5 heterocycles. The van der Waals surface area contributed by atoms with Crippen LogP contribution in [0.4, 0.5) is 0 Å². The van der Waals surface area contributed by atoms with Gasteiger partial charge >= 0.3 is 0 Å². The Morgan fingerprint density at radius 3 is 2.58 bits per heavy atom. The van der Waals surface area contributed by atoms with Gasteiger partial charge in [-0.3, -0.25) is 9.59 Å². The Bertz CT molecular complexity index is 1330. The summed E-state index contributed by atoms with van der Waals surface area (Å²) in [4.78, 5) is 29.0. The predicted octanol–water partition coefficient (Wildman–Crippen LogP) is 0.556. The summed E-state index contributed by atoms with van der Waals surface area (Å²) in [7, 11) is 5.32. The van der Waals surface area contributed by atoms with Gasteiger partial charge in [0.2, 0.25) is 5.72 Å². The second-order valence-corrected chi connectivity index (χ2v) is 9.30. The first-order chi connectivity index (χ1) is 15.0. The molecule has 4 bridgehead atoms. The van der Waals surface area contributed by atoms with Crippen molar-refractivity contribution in [1.82, 2.24) is 14.3 Å². The van der Waals surface area contributed by atoms with Crippen LogP contribution in [0.1, 0.15) is 17.5 Å². The summed E-state index contributed by atoms with van der Waals surface area (Å²) < 4.78 is 21.7. The van der Waals surface area contributed by atoms with E-state index < -0.39 is 22.8 Å². The third-order valence-corrected chi connectivity index (χ3v) is 8.53. The van der Waals surface area contributed by atoms with Crippen LogP contribution in [0, 0.1) is 0 Å². The average molecular weight is 421 g/mol. The van der Waals surface area contributed by atoms with Crippen LogP contribution in [-0.4, -0.2) is 54.2 Å². The molecule has 1 aromatic carbocycles. The molecule has 1 fully saturated rings. The molecule has 6 aliphatic rings. The number of hydrogen-bond donors (Lipinski definition) is 0. The van der Waals surface area contributed by atoms with E-state index >= 15 is 0 Å². The van der Waals surface area contributed by atoms with Gasteiger partial charge in [-0.1, -0.05) is 12.1 Å². The highest BCUT2D eigenvalue weighted by atomic mass is 16.6. The highest BCUT2D eigenvalue weighted by Gasteiger charge is 2.80. The summed E-state index contributed by atoms with van der Waals surface area (Å²) in [5, 5.41) is 0. The van der Waals surface area contributed by atoms with Gasteiger partial charge in [0, 0.05) is 30.8 Å². The van der Waals surface area contributed by atoms with Crippen molar-refractivity contribution in [2.75, 3.05) is 27.8 Å². The molecule has 1 aromatic heterocycles. The van der Waals surface area contributed by atoms with Crippen molar-refractivity contribution in [2.24, 2.45) is 0 Å². The standard InChI is InChI=1S/C23H23N3O5/c1-24-11-10-21-18-13-4-5-14(29-2)19(18)31-20(21)23(30-3)9-8-22(21,15(24)12-13)25-16(27)6-7-17(28)26(23)25/h4-9,15,20H,10-12H2,1-3H3. The van der Waals surface area contributed by atoms with Gasteiger partial charge in [-0.25, -0.2) is 9.36 Å². The molecule has 0 N–H and O–H groups in total. The zero-order valence-electron chi connectivity index (χ0n) is 17.6. The minimum Gasteiger partial charge on any atom is -0.493 e. The molecule has 160 valence electrons. The summed E-state index contributed by atoms with van der Waals surface area (Å²) in [6.07, 6.45) is 5.10. The summed E-state index contributed by atoms with van der Waals surface area (Å²) in [6, 6.07) is 6.78. The minimum atomic E-state index is -1.22. The molecule has 2 aliphatic carbocycles. The van der Waals surface area contributed by atoms with Gasteiger partial charge in [0.1, 0.15) is 5.54 Å². The van der Waals surface area contributed by atoms with Gasteiger partial charge in [-0.2, -0.15) is 0 Å². The fourth-order valence-corrected chi connectivity index (χ4v) is 7.45. The van der Waals surface area contributed by atoms with E-state index in [1.165, 1.54) is 22.4 Å². The van der Waals surface area contributed by atoms with Crippen molar-refractivity contribution in [3.8, 4) is 11.5 Å². The number of ether oxygens (including phenoxy) is 3. The van der Waals surface area contributed by atoms with Crippen LogP contribution < -0.4 is 20.6 Å². The van der Waals surface area contributed by atoms with Crippen LogP contribution >= 0.6 is 0 Å². The van der Waals surface area contributed by atoms with Gasteiger partial charge in [-0.05, 0) is 44.1 Å². The van der Waals surface area contributed by atoms with E-state index in [-0.39, 0.29) is 17.2 Å². The lowest BCUT2D eigenvalue weighted by molar-refractivity contribution is -0.231. The number of nitrogens with zero attached hydrogens (tertiary/aromatic N) is 3. The zero-order chi connectivity index (χ0) is 21.3. The Balaban J connectivity index is 1.73. The van der Waals surface area contributed by atoms with Crippen molar-refractivity contribution in [3.05, 3.63) is 68.3 Å². The van der Waals surface area contributed by atoms with E-state index in [0.29, 0.717) is 5.75 Å². The van der Waals surface area contributed by atoms with Crippen molar-refractivity contribution in [3.63, 3.8) is 0 Å². The van der Waals surface area contributed by atoms with Crippen molar-refractivity contribution < 1.29 is 14.2 Å². The highest BCUT2D eigenvalue weighted by molar-refractivity contribution is 5.65. The summed E-state index contributed by atoms with van der Waals surface area (Å²) in [5.41, 5.74) is -0.677.